The third-order valence-electron chi connectivity index (χ3n) is 7.71. The van der Waals surface area contributed by atoms with E-state index in [0.29, 0.717) is 34.7 Å². The molecule has 7 heteroatoms. The van der Waals surface area contributed by atoms with Gasteiger partial charge in [0.1, 0.15) is 11.5 Å². The summed E-state index contributed by atoms with van der Waals surface area (Å²) in [5.74, 6) is 0.921. The SMILES string of the molecule is COc1ccc(OC)c(NC(=O)c2ccccc2N2C(=O)[C@H]3[C@@H]4C=C[C@@H]([C@H]5C[C@H]45)[C@@H]3C2=O)c1. The van der Waals surface area contributed by atoms with Gasteiger partial charge in [-0.05, 0) is 54.4 Å². The van der Waals surface area contributed by atoms with Crippen molar-refractivity contribution in [2.45, 2.75) is 6.42 Å². The number of carbonyl (C=O) groups excluding carboxylic acids is 3. The molecule has 1 saturated heterocycles. The first kappa shape index (κ1) is 20.0. The molecule has 4 aliphatic carbocycles. The van der Waals surface area contributed by atoms with Crippen LogP contribution in [0.25, 0.3) is 0 Å². The Morgan fingerprint density at radius 2 is 1.61 bits per heavy atom. The van der Waals surface area contributed by atoms with Gasteiger partial charge in [-0.15, -0.1) is 0 Å². The van der Waals surface area contributed by atoms with Gasteiger partial charge in [0.2, 0.25) is 11.8 Å². The second kappa shape index (κ2) is 7.20. The van der Waals surface area contributed by atoms with Gasteiger partial charge >= 0.3 is 0 Å². The van der Waals surface area contributed by atoms with Crippen molar-refractivity contribution in [3.8, 4) is 11.5 Å². The van der Waals surface area contributed by atoms with E-state index in [1.165, 1.54) is 12.0 Å². The molecule has 5 aliphatic rings. The summed E-state index contributed by atoms with van der Waals surface area (Å²) in [6.07, 6.45) is 5.39. The summed E-state index contributed by atoms with van der Waals surface area (Å²) in [7, 11) is 3.06. The number of anilines is 2. The Bertz CT molecular complexity index is 1180. The van der Waals surface area contributed by atoms with Crippen LogP contribution in [0.5, 0.6) is 11.5 Å². The fourth-order valence-electron chi connectivity index (χ4n) is 6.16. The molecule has 3 amide bonds. The number of nitrogens with zero attached hydrogens (tertiary/aromatic N) is 1. The van der Waals surface area contributed by atoms with Crippen LogP contribution in [0.3, 0.4) is 0 Å². The van der Waals surface area contributed by atoms with E-state index in [0.717, 1.165) is 6.42 Å². The molecule has 0 unspecified atom stereocenters. The summed E-state index contributed by atoms with van der Waals surface area (Å²) in [6, 6.07) is 11.9. The lowest BCUT2D eigenvalue weighted by atomic mass is 9.63. The zero-order valence-electron chi connectivity index (χ0n) is 18.4. The van der Waals surface area contributed by atoms with E-state index in [-0.39, 0.29) is 41.0 Å². The number of para-hydroxylation sites is 1. The standard InChI is InChI=1S/C26H24N2O5/c1-32-13-7-10-21(33-2)19(11-13)27-24(29)16-5-3-4-6-20(16)28-25(30)22-14-8-9-15(18-12-17(14)18)23(22)26(28)31/h3-11,14-15,17-18,22-23H,12H2,1-2H3,(H,27,29)/t14-,15+,17-,18-,22+,23+/m1/s1. The van der Waals surface area contributed by atoms with Crippen LogP contribution in [-0.2, 0) is 9.59 Å². The summed E-state index contributed by atoms with van der Waals surface area (Å²) >= 11 is 0. The molecule has 0 aromatic heterocycles. The predicted molar refractivity (Wildman–Crippen MR) is 121 cm³/mol. The number of methoxy groups -OCH3 is 2. The Labute approximate surface area is 191 Å². The van der Waals surface area contributed by atoms with Crippen LogP contribution >= 0.6 is 0 Å². The smallest absolute Gasteiger partial charge is 0.257 e. The average molecular weight is 444 g/mol. The van der Waals surface area contributed by atoms with Crippen molar-refractivity contribution in [1.29, 1.82) is 0 Å². The highest BCUT2D eigenvalue weighted by Crippen LogP contribution is 2.65. The van der Waals surface area contributed by atoms with Gasteiger partial charge in [0.05, 0.1) is 43.0 Å². The Morgan fingerprint density at radius 1 is 0.939 bits per heavy atom. The third-order valence-corrected chi connectivity index (χ3v) is 7.71. The van der Waals surface area contributed by atoms with Crippen molar-refractivity contribution in [3.05, 3.63) is 60.2 Å². The molecule has 7 rings (SSSR count). The first-order chi connectivity index (χ1) is 16.0. The molecule has 2 aromatic carbocycles. The van der Waals surface area contributed by atoms with E-state index in [2.05, 4.69) is 17.5 Å². The highest BCUT2D eigenvalue weighted by Gasteiger charge is 2.67. The Morgan fingerprint density at radius 3 is 2.24 bits per heavy atom. The van der Waals surface area contributed by atoms with Gasteiger partial charge in [-0.25, -0.2) is 4.90 Å². The minimum absolute atomic E-state index is 0.133. The largest absolute Gasteiger partial charge is 0.497 e. The number of amides is 3. The fourth-order valence-corrected chi connectivity index (χ4v) is 6.16. The number of hydrogen-bond acceptors (Lipinski definition) is 5. The fraction of sp³-hybridized carbons (Fsp3) is 0.346. The first-order valence-corrected chi connectivity index (χ1v) is 11.2. The Kier molecular flexibility index (Phi) is 4.37. The summed E-state index contributed by atoms with van der Waals surface area (Å²) in [5, 5.41) is 2.85. The predicted octanol–water partition coefficient (Wildman–Crippen LogP) is 3.51. The van der Waals surface area contributed by atoms with E-state index < -0.39 is 5.91 Å². The quantitative estimate of drug-likeness (QED) is 0.564. The molecule has 3 fully saturated rings. The lowest BCUT2D eigenvalue weighted by Gasteiger charge is -2.37. The van der Waals surface area contributed by atoms with Crippen LogP contribution < -0.4 is 19.7 Å². The van der Waals surface area contributed by atoms with Crippen molar-refractivity contribution in [1.82, 2.24) is 0 Å². The molecular weight excluding hydrogens is 420 g/mol. The van der Waals surface area contributed by atoms with Crippen LogP contribution in [0, 0.1) is 35.5 Å². The number of carbonyl (C=O) groups is 3. The summed E-state index contributed by atoms with van der Waals surface area (Å²) in [4.78, 5) is 41.6. The van der Waals surface area contributed by atoms with E-state index in [9.17, 15) is 14.4 Å². The van der Waals surface area contributed by atoms with Crippen molar-refractivity contribution in [2.24, 2.45) is 35.5 Å². The molecule has 1 N–H and O–H groups in total. The molecule has 2 bridgehead atoms. The Hall–Kier alpha value is -3.61. The maximum atomic E-state index is 13.5. The van der Waals surface area contributed by atoms with Crippen LogP contribution in [0.1, 0.15) is 16.8 Å². The molecule has 1 heterocycles. The molecule has 33 heavy (non-hydrogen) atoms. The van der Waals surface area contributed by atoms with Gasteiger partial charge in [0.25, 0.3) is 5.91 Å². The molecule has 2 saturated carbocycles. The van der Waals surface area contributed by atoms with Gasteiger partial charge in [-0.1, -0.05) is 24.3 Å². The van der Waals surface area contributed by atoms with Gasteiger partial charge in [0, 0.05) is 6.07 Å². The maximum absolute atomic E-state index is 13.5. The molecule has 6 atom stereocenters. The monoisotopic (exact) mass is 444 g/mol. The number of imide groups is 1. The topological polar surface area (TPSA) is 84.9 Å². The van der Waals surface area contributed by atoms with E-state index in [1.807, 2.05) is 0 Å². The second-order valence-corrected chi connectivity index (χ2v) is 9.20. The van der Waals surface area contributed by atoms with Crippen molar-refractivity contribution in [3.63, 3.8) is 0 Å². The summed E-state index contributed by atoms with van der Waals surface area (Å²) in [6.45, 7) is 0. The number of ether oxygens (including phenoxy) is 2. The zero-order valence-corrected chi connectivity index (χ0v) is 18.4. The molecule has 0 spiro atoms. The number of benzene rings is 2. The van der Waals surface area contributed by atoms with Crippen LogP contribution in [0.15, 0.2) is 54.6 Å². The lowest BCUT2D eigenvalue weighted by Crippen LogP contribution is -2.40. The number of nitrogens with one attached hydrogen (secondary N) is 1. The zero-order chi connectivity index (χ0) is 22.9. The minimum atomic E-state index is -0.434. The van der Waals surface area contributed by atoms with Crippen LogP contribution in [0.2, 0.25) is 0 Å². The lowest BCUT2D eigenvalue weighted by molar-refractivity contribution is -0.124. The minimum Gasteiger partial charge on any atom is -0.497 e. The van der Waals surface area contributed by atoms with Crippen LogP contribution in [0.4, 0.5) is 11.4 Å². The molecule has 2 aromatic rings. The summed E-state index contributed by atoms with van der Waals surface area (Å²) < 4.78 is 10.6. The normalized spacial score (nSPS) is 30.7. The second-order valence-electron chi connectivity index (χ2n) is 9.20. The molecule has 7 nitrogen and oxygen atoms in total. The molecule has 168 valence electrons. The highest BCUT2D eigenvalue weighted by molar-refractivity contribution is 6.25. The average Bonchev–Trinajstić information content (AvgIpc) is 3.62. The molecule has 1 aliphatic heterocycles. The number of allylic oxidation sites excluding steroid dienone is 2. The van der Waals surface area contributed by atoms with Crippen molar-refractivity contribution >= 4 is 29.1 Å². The maximum Gasteiger partial charge on any atom is 0.257 e. The van der Waals surface area contributed by atoms with Crippen molar-refractivity contribution < 1.29 is 23.9 Å². The summed E-state index contributed by atoms with van der Waals surface area (Å²) in [5.41, 5.74) is 1.02. The Balaban J connectivity index is 1.34. The van der Waals surface area contributed by atoms with Gasteiger partial charge in [-0.3, -0.25) is 14.4 Å². The van der Waals surface area contributed by atoms with Gasteiger partial charge in [-0.2, -0.15) is 0 Å². The highest BCUT2D eigenvalue weighted by atomic mass is 16.5. The van der Waals surface area contributed by atoms with E-state index in [4.69, 9.17) is 9.47 Å². The first-order valence-electron chi connectivity index (χ1n) is 11.2. The van der Waals surface area contributed by atoms with Gasteiger partial charge < -0.3 is 14.8 Å². The third kappa shape index (κ3) is 2.84. The number of rotatable bonds is 5. The van der Waals surface area contributed by atoms with Crippen LogP contribution in [-0.4, -0.2) is 31.9 Å². The molecular formula is C26H24N2O5. The molecule has 0 radical (unpaired) electrons. The van der Waals surface area contributed by atoms with E-state index in [1.54, 1.807) is 49.6 Å². The van der Waals surface area contributed by atoms with E-state index >= 15 is 0 Å². The van der Waals surface area contributed by atoms with Gasteiger partial charge in [0.15, 0.2) is 0 Å². The van der Waals surface area contributed by atoms with Crippen molar-refractivity contribution in [2.75, 3.05) is 24.4 Å². The number of hydrogen-bond donors (Lipinski definition) is 1.